The zero-order chi connectivity index (χ0) is 15.8. The fourth-order valence-electron chi connectivity index (χ4n) is 1.49. The van der Waals surface area contributed by atoms with Gasteiger partial charge in [-0.1, -0.05) is 0 Å². The van der Waals surface area contributed by atoms with Crippen LogP contribution in [0.25, 0.3) is 0 Å². The number of hydrogen-bond donors (Lipinski definition) is 1. The van der Waals surface area contributed by atoms with Crippen LogP contribution in [-0.4, -0.2) is 8.42 Å². The van der Waals surface area contributed by atoms with Crippen LogP contribution in [0.1, 0.15) is 0 Å². The summed E-state index contributed by atoms with van der Waals surface area (Å²) in [6.07, 6.45) is 0. The van der Waals surface area contributed by atoms with E-state index < -0.39 is 38.2 Å². The van der Waals surface area contributed by atoms with Gasteiger partial charge in [0.25, 0.3) is 10.0 Å². The molecule has 0 spiro atoms. The van der Waals surface area contributed by atoms with Crippen molar-refractivity contribution in [2.24, 2.45) is 0 Å². The summed E-state index contributed by atoms with van der Waals surface area (Å²) in [4.78, 5) is -1.06. The molecule has 0 aromatic heterocycles. The fraction of sp³-hybridized carbons (Fsp3) is 0. The molecule has 2 aromatic carbocycles. The van der Waals surface area contributed by atoms with Crippen LogP contribution in [0.15, 0.2) is 39.7 Å². The van der Waals surface area contributed by atoms with Gasteiger partial charge in [0.05, 0.1) is 5.69 Å². The lowest BCUT2D eigenvalue weighted by molar-refractivity contribution is 0.432. The number of halogens is 5. The normalized spacial score (nSPS) is 11.5. The SMILES string of the molecule is O=S(=O)(Nc1ccc(F)cc1Br)c1ccc(F)c(F)c1F. The van der Waals surface area contributed by atoms with E-state index in [9.17, 15) is 26.0 Å². The molecule has 2 aromatic rings. The van der Waals surface area contributed by atoms with E-state index in [0.29, 0.717) is 12.1 Å². The fourth-order valence-corrected chi connectivity index (χ4v) is 3.22. The standard InChI is InChI=1S/C12H6BrF4NO2S/c13-7-5-6(14)1-3-9(7)18-21(19,20)10-4-2-8(15)11(16)12(10)17/h1-5,18H. The van der Waals surface area contributed by atoms with E-state index in [2.05, 4.69) is 15.9 Å². The molecular weight excluding hydrogens is 378 g/mol. The lowest BCUT2D eigenvalue weighted by Crippen LogP contribution is -2.16. The second kappa shape index (κ2) is 5.64. The zero-order valence-corrected chi connectivity index (χ0v) is 12.4. The Morgan fingerprint density at radius 2 is 1.62 bits per heavy atom. The molecule has 0 aliphatic carbocycles. The quantitative estimate of drug-likeness (QED) is 0.647. The minimum atomic E-state index is -4.50. The van der Waals surface area contributed by atoms with Gasteiger partial charge in [-0.2, -0.15) is 0 Å². The summed E-state index contributed by atoms with van der Waals surface area (Å²) in [6, 6.07) is 4.14. The molecule has 0 atom stereocenters. The highest BCUT2D eigenvalue weighted by Crippen LogP contribution is 2.27. The van der Waals surface area contributed by atoms with Crippen molar-refractivity contribution in [2.75, 3.05) is 4.72 Å². The lowest BCUT2D eigenvalue weighted by Gasteiger charge is -2.11. The molecule has 0 fully saturated rings. The molecule has 0 bridgehead atoms. The van der Waals surface area contributed by atoms with E-state index in [4.69, 9.17) is 0 Å². The van der Waals surface area contributed by atoms with Crippen molar-refractivity contribution in [2.45, 2.75) is 4.90 Å². The third kappa shape index (κ3) is 3.18. The molecule has 0 amide bonds. The van der Waals surface area contributed by atoms with Crippen LogP contribution in [-0.2, 0) is 10.0 Å². The van der Waals surface area contributed by atoms with Gasteiger partial charge in [0, 0.05) is 4.47 Å². The first-order valence-corrected chi connectivity index (χ1v) is 7.61. The summed E-state index contributed by atoms with van der Waals surface area (Å²) >= 11 is 2.92. The van der Waals surface area contributed by atoms with Gasteiger partial charge in [0.1, 0.15) is 10.7 Å². The number of sulfonamides is 1. The number of rotatable bonds is 3. The molecule has 0 radical (unpaired) electrons. The largest absolute Gasteiger partial charge is 0.278 e. The lowest BCUT2D eigenvalue weighted by atomic mass is 10.3. The first-order chi connectivity index (χ1) is 9.72. The molecule has 0 aliphatic rings. The van der Waals surface area contributed by atoms with Gasteiger partial charge in [-0.15, -0.1) is 0 Å². The second-order valence-electron chi connectivity index (χ2n) is 3.90. The van der Waals surface area contributed by atoms with Crippen LogP contribution in [0.3, 0.4) is 0 Å². The first kappa shape index (κ1) is 15.8. The van der Waals surface area contributed by atoms with Gasteiger partial charge in [-0.05, 0) is 46.3 Å². The summed E-state index contributed by atoms with van der Waals surface area (Å²) in [5.41, 5.74) is -0.0828. The Kier molecular flexibility index (Phi) is 4.24. The summed E-state index contributed by atoms with van der Waals surface area (Å²) < 4.78 is 78.3. The predicted octanol–water partition coefficient (Wildman–Crippen LogP) is 3.81. The van der Waals surface area contributed by atoms with Gasteiger partial charge in [-0.25, -0.2) is 26.0 Å². The maximum Gasteiger partial charge on any atom is 0.264 e. The summed E-state index contributed by atoms with van der Waals surface area (Å²) in [5, 5.41) is 0. The van der Waals surface area contributed by atoms with Crippen molar-refractivity contribution in [1.29, 1.82) is 0 Å². The van der Waals surface area contributed by atoms with Gasteiger partial charge in [0.15, 0.2) is 17.5 Å². The van der Waals surface area contributed by atoms with Crippen molar-refractivity contribution < 1.29 is 26.0 Å². The molecule has 0 heterocycles. The van der Waals surface area contributed by atoms with E-state index in [1.807, 2.05) is 4.72 Å². The third-order valence-electron chi connectivity index (χ3n) is 2.46. The molecule has 2 rings (SSSR count). The van der Waals surface area contributed by atoms with E-state index in [-0.39, 0.29) is 10.2 Å². The van der Waals surface area contributed by atoms with Gasteiger partial charge in [-0.3, -0.25) is 4.72 Å². The molecule has 0 aliphatic heterocycles. The average Bonchev–Trinajstić information content (AvgIpc) is 2.39. The van der Waals surface area contributed by atoms with Crippen molar-refractivity contribution in [3.63, 3.8) is 0 Å². The maximum absolute atomic E-state index is 13.5. The van der Waals surface area contributed by atoms with Crippen LogP contribution in [0.4, 0.5) is 23.2 Å². The molecule has 112 valence electrons. The molecule has 3 nitrogen and oxygen atoms in total. The summed E-state index contributed by atoms with van der Waals surface area (Å²) in [7, 11) is -4.50. The van der Waals surface area contributed by atoms with Crippen molar-refractivity contribution in [1.82, 2.24) is 0 Å². The van der Waals surface area contributed by atoms with Crippen LogP contribution in [0, 0.1) is 23.3 Å². The number of nitrogens with one attached hydrogen (secondary N) is 1. The van der Waals surface area contributed by atoms with E-state index >= 15 is 0 Å². The monoisotopic (exact) mass is 383 g/mol. The van der Waals surface area contributed by atoms with Crippen molar-refractivity contribution in [3.8, 4) is 0 Å². The number of anilines is 1. The Labute approximate surface area is 125 Å². The van der Waals surface area contributed by atoms with Gasteiger partial charge >= 0.3 is 0 Å². The number of benzene rings is 2. The van der Waals surface area contributed by atoms with Gasteiger partial charge in [0.2, 0.25) is 0 Å². The molecular formula is C12H6BrF4NO2S. The highest BCUT2D eigenvalue weighted by molar-refractivity contribution is 9.10. The highest BCUT2D eigenvalue weighted by atomic mass is 79.9. The second-order valence-corrected chi connectivity index (χ2v) is 6.41. The first-order valence-electron chi connectivity index (χ1n) is 5.34. The van der Waals surface area contributed by atoms with Crippen LogP contribution >= 0.6 is 15.9 Å². The smallest absolute Gasteiger partial charge is 0.264 e. The average molecular weight is 384 g/mol. The van der Waals surface area contributed by atoms with Crippen LogP contribution in [0.5, 0.6) is 0 Å². The molecule has 21 heavy (non-hydrogen) atoms. The molecule has 9 heteroatoms. The minimum absolute atomic E-state index is 0.0640. The zero-order valence-electron chi connectivity index (χ0n) is 10.0. The minimum Gasteiger partial charge on any atom is -0.278 e. The highest BCUT2D eigenvalue weighted by Gasteiger charge is 2.24. The molecule has 0 saturated carbocycles. The van der Waals surface area contributed by atoms with Crippen LogP contribution in [0.2, 0.25) is 0 Å². The van der Waals surface area contributed by atoms with Gasteiger partial charge < -0.3 is 0 Å². The van der Waals surface area contributed by atoms with E-state index in [1.165, 1.54) is 0 Å². The molecule has 1 N–H and O–H groups in total. The topological polar surface area (TPSA) is 46.2 Å². The Hall–Kier alpha value is -1.61. The van der Waals surface area contributed by atoms with E-state index in [0.717, 1.165) is 18.2 Å². The Balaban J connectivity index is 2.46. The van der Waals surface area contributed by atoms with E-state index in [1.54, 1.807) is 0 Å². The van der Waals surface area contributed by atoms with Crippen LogP contribution < -0.4 is 4.72 Å². The summed E-state index contributed by atoms with van der Waals surface area (Å²) in [5.74, 6) is -5.85. The Morgan fingerprint density at radius 3 is 2.24 bits per heavy atom. The maximum atomic E-state index is 13.5. The van der Waals surface area contributed by atoms with Crippen molar-refractivity contribution >= 4 is 31.6 Å². The number of hydrogen-bond acceptors (Lipinski definition) is 2. The third-order valence-corrected chi connectivity index (χ3v) is 4.50. The molecule has 0 saturated heterocycles. The molecule has 0 unspecified atom stereocenters. The van der Waals surface area contributed by atoms with Crippen molar-refractivity contribution in [3.05, 3.63) is 58.1 Å². The Morgan fingerprint density at radius 1 is 0.952 bits per heavy atom. The summed E-state index contributed by atoms with van der Waals surface area (Å²) in [6.45, 7) is 0. The Bertz CT molecular complexity index is 811. The predicted molar refractivity (Wildman–Crippen MR) is 71.2 cm³/mol.